The van der Waals surface area contributed by atoms with Crippen LogP contribution in [0.5, 0.6) is 0 Å². The van der Waals surface area contributed by atoms with Crippen molar-refractivity contribution in [3.05, 3.63) is 50.9 Å². The van der Waals surface area contributed by atoms with Crippen LogP contribution in [0, 0.1) is 20.8 Å². The number of rotatable bonds is 6. The number of nitrogens with one attached hydrogen (secondary N) is 1. The second-order valence-corrected chi connectivity index (χ2v) is 11.0. The van der Waals surface area contributed by atoms with E-state index in [1.165, 1.54) is 19.1 Å². The number of nitrogens with zero attached hydrogens (tertiary/aromatic N) is 2. The summed E-state index contributed by atoms with van der Waals surface area (Å²) in [4.78, 5) is 16.4. The maximum Gasteiger partial charge on any atom is 0.454 e. The standard InChI is InChI=1S/C18H16F5N3O3S3/c1-9-4-6-12(7-5-9)32(28,29)25-14-13-15(30-8-17(19,20)18(21,22)23)31-11(3)10(2)26(13)16(27)24-14/h4-7H,8H2,1-3H3,(H,24,25,27). The Morgan fingerprint density at radius 1 is 1.09 bits per heavy atom. The zero-order valence-corrected chi connectivity index (χ0v) is 19.2. The normalized spacial score (nSPS) is 13.0. The monoisotopic (exact) mass is 513 g/mol. The third kappa shape index (κ3) is 4.62. The van der Waals surface area contributed by atoms with E-state index >= 15 is 0 Å². The van der Waals surface area contributed by atoms with Gasteiger partial charge in [-0.15, -0.1) is 23.1 Å². The van der Waals surface area contributed by atoms with Crippen molar-refractivity contribution in [2.24, 2.45) is 0 Å². The summed E-state index contributed by atoms with van der Waals surface area (Å²) in [5.41, 5.74) is 0.0897. The molecular weight excluding hydrogens is 497 g/mol. The molecule has 2 aliphatic rings. The maximum atomic E-state index is 13.5. The van der Waals surface area contributed by atoms with Crippen molar-refractivity contribution < 1.29 is 30.4 Å². The number of benzene rings is 1. The molecule has 0 aromatic heterocycles. The predicted molar refractivity (Wildman–Crippen MR) is 112 cm³/mol. The molecule has 0 aliphatic carbocycles. The largest absolute Gasteiger partial charge is 0.454 e. The van der Waals surface area contributed by atoms with Gasteiger partial charge in [0.05, 0.1) is 14.9 Å². The van der Waals surface area contributed by atoms with Crippen LogP contribution >= 0.6 is 23.1 Å². The van der Waals surface area contributed by atoms with Crippen LogP contribution in [0.25, 0.3) is 5.69 Å². The second kappa shape index (κ2) is 8.30. The van der Waals surface area contributed by atoms with Gasteiger partial charge < -0.3 is 0 Å². The minimum atomic E-state index is -5.75. The van der Waals surface area contributed by atoms with Gasteiger partial charge in [0.15, 0.2) is 5.82 Å². The topological polar surface area (TPSA) is 81.1 Å². The van der Waals surface area contributed by atoms with Gasteiger partial charge in [-0.25, -0.2) is 13.2 Å². The molecule has 0 spiro atoms. The summed E-state index contributed by atoms with van der Waals surface area (Å²) in [6, 6.07) is 5.75. The van der Waals surface area contributed by atoms with Crippen LogP contribution in [0.4, 0.5) is 27.8 Å². The Balaban J connectivity index is 2.08. The van der Waals surface area contributed by atoms with Crippen LogP contribution in [0.1, 0.15) is 16.1 Å². The number of halogens is 5. The summed E-state index contributed by atoms with van der Waals surface area (Å²) in [5, 5.41) is 0. The number of aryl methyl sites for hydroxylation is 2. The molecule has 0 saturated carbocycles. The van der Waals surface area contributed by atoms with E-state index in [9.17, 15) is 35.2 Å². The Morgan fingerprint density at radius 3 is 2.25 bits per heavy atom. The number of imidazole rings is 1. The zero-order chi connectivity index (χ0) is 24.1. The number of hydrogen-bond donors (Lipinski definition) is 1. The molecule has 1 N–H and O–H groups in total. The lowest BCUT2D eigenvalue weighted by atomic mass is 10.2. The molecule has 0 unspecified atom stereocenters. The summed E-state index contributed by atoms with van der Waals surface area (Å²) >= 11 is 1.04. The Morgan fingerprint density at radius 2 is 1.69 bits per heavy atom. The highest BCUT2D eigenvalue weighted by Crippen LogP contribution is 2.44. The SMILES string of the molecule is Cc1ccc(S(=O)(=O)Nc2nc(=O)n3c(C)c(C)sc(SCC(F)(F)C(F)(F)F)c2-3)cc1. The second-order valence-electron chi connectivity index (χ2n) is 6.87. The van der Waals surface area contributed by atoms with Crippen molar-refractivity contribution in [2.75, 3.05) is 10.5 Å². The smallest absolute Gasteiger partial charge is 0.261 e. The first-order chi connectivity index (χ1) is 14.6. The molecule has 0 atom stereocenters. The van der Waals surface area contributed by atoms with Gasteiger partial charge >= 0.3 is 17.8 Å². The summed E-state index contributed by atoms with van der Waals surface area (Å²) in [5.74, 6) is -7.08. The van der Waals surface area contributed by atoms with Gasteiger partial charge in [0, 0.05) is 10.6 Å². The van der Waals surface area contributed by atoms with E-state index in [2.05, 4.69) is 9.71 Å². The van der Waals surface area contributed by atoms with Crippen LogP contribution in [-0.4, -0.2) is 35.8 Å². The van der Waals surface area contributed by atoms with Crippen LogP contribution in [-0.2, 0) is 10.0 Å². The van der Waals surface area contributed by atoms with Gasteiger partial charge in [-0.1, -0.05) is 17.7 Å². The van der Waals surface area contributed by atoms with Crippen LogP contribution in [0.3, 0.4) is 0 Å². The van der Waals surface area contributed by atoms with E-state index in [1.54, 1.807) is 26.0 Å². The lowest BCUT2D eigenvalue weighted by Gasteiger charge is -2.20. The van der Waals surface area contributed by atoms with Crippen molar-refractivity contribution in [3.63, 3.8) is 0 Å². The molecule has 3 rings (SSSR count). The predicted octanol–water partition coefficient (Wildman–Crippen LogP) is 4.75. The fourth-order valence-electron chi connectivity index (χ4n) is 2.63. The molecule has 32 heavy (non-hydrogen) atoms. The highest BCUT2D eigenvalue weighted by molar-refractivity contribution is 8.01. The van der Waals surface area contributed by atoms with E-state index in [-0.39, 0.29) is 26.6 Å². The number of fused-ring (bicyclic) bond motifs is 1. The van der Waals surface area contributed by atoms with Gasteiger partial charge in [-0.2, -0.15) is 26.9 Å². The third-order valence-electron chi connectivity index (χ3n) is 4.49. The average molecular weight is 514 g/mol. The first-order valence-electron chi connectivity index (χ1n) is 8.83. The Labute approximate surface area is 187 Å². The Kier molecular flexibility index (Phi) is 6.34. The molecule has 0 amide bonds. The summed E-state index contributed by atoms with van der Waals surface area (Å²) < 4.78 is 93.3. The number of thioether (sulfide) groups is 1. The molecule has 174 valence electrons. The molecule has 0 saturated heterocycles. The average Bonchev–Trinajstić information content (AvgIpc) is 2.98. The molecular formula is C18H16F5N3O3S3. The lowest BCUT2D eigenvalue weighted by molar-refractivity contribution is -0.271. The van der Waals surface area contributed by atoms with Crippen LogP contribution in [0.2, 0.25) is 0 Å². The number of aromatic nitrogens is 2. The van der Waals surface area contributed by atoms with Crippen LogP contribution in [0.15, 0.2) is 38.2 Å². The summed E-state index contributed by atoms with van der Waals surface area (Å²) in [6.07, 6.45) is -5.75. The van der Waals surface area contributed by atoms with E-state index < -0.39 is 39.4 Å². The highest BCUT2D eigenvalue weighted by Gasteiger charge is 2.57. The van der Waals surface area contributed by atoms with Gasteiger partial charge in [-0.3, -0.25) is 9.29 Å². The van der Waals surface area contributed by atoms with Crippen molar-refractivity contribution in [1.82, 2.24) is 9.55 Å². The highest BCUT2D eigenvalue weighted by atomic mass is 32.2. The first kappa shape index (κ1) is 24.5. The summed E-state index contributed by atoms with van der Waals surface area (Å²) in [7, 11) is -4.21. The zero-order valence-electron chi connectivity index (χ0n) is 16.8. The Hall–Kier alpha value is -2.19. The minimum Gasteiger partial charge on any atom is -0.261 e. The third-order valence-corrected chi connectivity index (χ3v) is 8.39. The fourth-order valence-corrected chi connectivity index (χ4v) is 6.03. The fraction of sp³-hybridized carbons (Fsp3) is 0.333. The van der Waals surface area contributed by atoms with Crippen molar-refractivity contribution >= 4 is 38.9 Å². The van der Waals surface area contributed by atoms with Gasteiger partial charge in [-0.05, 0) is 32.9 Å². The number of sulfonamides is 1. The molecule has 0 fully saturated rings. The minimum absolute atomic E-state index is 0.103. The van der Waals surface area contributed by atoms with Crippen LogP contribution < -0.4 is 10.4 Å². The number of hydrogen-bond acceptors (Lipinski definition) is 6. The summed E-state index contributed by atoms with van der Waals surface area (Å²) in [6.45, 7) is 4.84. The molecule has 6 nitrogen and oxygen atoms in total. The maximum absolute atomic E-state index is 13.5. The van der Waals surface area contributed by atoms with E-state index in [0.29, 0.717) is 10.6 Å². The number of anilines is 1. The molecule has 0 bridgehead atoms. The molecule has 2 heterocycles. The first-order valence-corrected chi connectivity index (χ1v) is 12.1. The molecule has 1 aromatic rings. The quantitative estimate of drug-likeness (QED) is 0.380. The molecule has 0 radical (unpaired) electrons. The van der Waals surface area contributed by atoms with Crippen molar-refractivity contribution in [3.8, 4) is 5.69 Å². The van der Waals surface area contributed by atoms with Gasteiger partial charge in [0.25, 0.3) is 10.0 Å². The van der Waals surface area contributed by atoms with E-state index in [4.69, 9.17) is 0 Å². The molecule has 2 aliphatic heterocycles. The molecule has 1 aromatic carbocycles. The van der Waals surface area contributed by atoms with Crippen molar-refractivity contribution in [1.29, 1.82) is 0 Å². The van der Waals surface area contributed by atoms with E-state index in [1.807, 2.05) is 0 Å². The van der Waals surface area contributed by atoms with Gasteiger partial charge in [0.2, 0.25) is 0 Å². The van der Waals surface area contributed by atoms with Gasteiger partial charge in [0.1, 0.15) is 5.69 Å². The number of alkyl halides is 5. The van der Waals surface area contributed by atoms with Crippen molar-refractivity contribution in [2.45, 2.75) is 42.0 Å². The Bertz CT molecular complexity index is 1280. The lowest BCUT2D eigenvalue weighted by Crippen LogP contribution is -2.38. The van der Waals surface area contributed by atoms with E-state index in [0.717, 1.165) is 21.5 Å². The molecule has 14 heteroatoms.